The summed E-state index contributed by atoms with van der Waals surface area (Å²) in [5.41, 5.74) is -0.0868. The average molecular weight is 282 g/mol. The van der Waals surface area contributed by atoms with Crippen LogP contribution in [-0.2, 0) is 4.79 Å². The summed E-state index contributed by atoms with van der Waals surface area (Å²) in [5, 5.41) is 3.40. The normalized spacial score (nSPS) is 18.2. The van der Waals surface area contributed by atoms with Crippen molar-refractivity contribution in [2.75, 3.05) is 19.6 Å². The Morgan fingerprint density at radius 3 is 2.30 bits per heavy atom. The third-order valence-electron chi connectivity index (χ3n) is 4.63. The van der Waals surface area contributed by atoms with Crippen LogP contribution in [0.3, 0.4) is 0 Å². The van der Waals surface area contributed by atoms with Crippen LogP contribution in [-0.4, -0.2) is 36.5 Å². The predicted molar refractivity (Wildman–Crippen MR) is 85.8 cm³/mol. The highest BCUT2D eigenvalue weighted by molar-refractivity contribution is 5.83. The van der Waals surface area contributed by atoms with Gasteiger partial charge < -0.3 is 10.2 Å². The molecule has 0 aromatic carbocycles. The maximum absolute atomic E-state index is 13.1. The molecule has 0 aliphatic carbocycles. The number of amides is 1. The molecule has 3 heteroatoms. The van der Waals surface area contributed by atoms with Crippen molar-refractivity contribution < 1.29 is 4.79 Å². The van der Waals surface area contributed by atoms with E-state index in [1.807, 2.05) is 0 Å². The van der Waals surface area contributed by atoms with Crippen LogP contribution in [0.1, 0.15) is 72.6 Å². The van der Waals surface area contributed by atoms with Gasteiger partial charge in [0.25, 0.3) is 0 Å². The van der Waals surface area contributed by atoms with Crippen molar-refractivity contribution in [1.82, 2.24) is 10.2 Å². The molecule has 1 saturated heterocycles. The Bertz CT molecular complexity index is 277. The molecular formula is C17H34N2O. The Morgan fingerprint density at radius 1 is 1.15 bits per heavy atom. The minimum absolute atomic E-state index is 0.0868. The van der Waals surface area contributed by atoms with Gasteiger partial charge in [-0.15, -0.1) is 0 Å². The van der Waals surface area contributed by atoms with Crippen molar-refractivity contribution >= 4 is 5.91 Å². The van der Waals surface area contributed by atoms with Crippen molar-refractivity contribution in [2.45, 2.75) is 78.7 Å². The lowest BCUT2D eigenvalue weighted by atomic mass is 9.74. The number of hydrogen-bond acceptors (Lipinski definition) is 2. The van der Waals surface area contributed by atoms with Crippen LogP contribution in [0.2, 0.25) is 0 Å². The van der Waals surface area contributed by atoms with Crippen molar-refractivity contribution in [1.29, 1.82) is 0 Å². The number of hydrogen-bond donors (Lipinski definition) is 1. The Labute approximate surface area is 125 Å². The lowest BCUT2D eigenvalue weighted by Gasteiger charge is -2.41. The lowest BCUT2D eigenvalue weighted by molar-refractivity contribution is -0.146. The van der Waals surface area contributed by atoms with E-state index in [4.69, 9.17) is 0 Å². The number of unbranched alkanes of at least 4 members (excludes halogenated alkanes) is 2. The third kappa shape index (κ3) is 4.47. The minimum atomic E-state index is -0.0868. The number of nitrogens with zero attached hydrogens (tertiary/aromatic N) is 1. The molecule has 1 fully saturated rings. The summed E-state index contributed by atoms with van der Waals surface area (Å²) < 4.78 is 0. The molecule has 1 N–H and O–H groups in total. The van der Waals surface area contributed by atoms with Crippen LogP contribution in [0, 0.1) is 5.41 Å². The monoisotopic (exact) mass is 282 g/mol. The molecule has 1 amide bonds. The van der Waals surface area contributed by atoms with E-state index >= 15 is 0 Å². The zero-order valence-electron chi connectivity index (χ0n) is 14.0. The fourth-order valence-electron chi connectivity index (χ4n) is 3.39. The second kappa shape index (κ2) is 8.66. The van der Waals surface area contributed by atoms with Crippen LogP contribution in [0.4, 0.5) is 0 Å². The molecule has 0 aromatic rings. The number of carbonyl (C=O) groups is 1. The first kappa shape index (κ1) is 17.5. The maximum atomic E-state index is 13.1. The second-order valence-electron chi connectivity index (χ2n) is 6.58. The first-order valence-corrected chi connectivity index (χ1v) is 8.59. The predicted octanol–water partition coefficient (Wildman–Crippen LogP) is 3.58. The highest BCUT2D eigenvalue weighted by atomic mass is 16.2. The van der Waals surface area contributed by atoms with Gasteiger partial charge in [-0.1, -0.05) is 33.1 Å². The van der Waals surface area contributed by atoms with Gasteiger partial charge in [0, 0.05) is 12.6 Å². The fourth-order valence-corrected chi connectivity index (χ4v) is 3.39. The van der Waals surface area contributed by atoms with E-state index in [9.17, 15) is 4.79 Å². The summed E-state index contributed by atoms with van der Waals surface area (Å²) >= 11 is 0. The largest absolute Gasteiger partial charge is 0.340 e. The molecular weight excluding hydrogens is 248 g/mol. The van der Waals surface area contributed by atoms with Crippen molar-refractivity contribution in [2.24, 2.45) is 5.41 Å². The lowest BCUT2D eigenvalue weighted by Crippen LogP contribution is -2.51. The van der Waals surface area contributed by atoms with E-state index in [1.165, 1.54) is 12.8 Å². The molecule has 1 heterocycles. The van der Waals surface area contributed by atoms with Gasteiger partial charge in [0.15, 0.2) is 0 Å². The third-order valence-corrected chi connectivity index (χ3v) is 4.63. The quantitative estimate of drug-likeness (QED) is 0.690. The highest BCUT2D eigenvalue weighted by Gasteiger charge is 2.41. The molecule has 1 rings (SSSR count). The zero-order valence-corrected chi connectivity index (χ0v) is 14.0. The van der Waals surface area contributed by atoms with Crippen LogP contribution < -0.4 is 5.32 Å². The molecule has 20 heavy (non-hydrogen) atoms. The zero-order chi connectivity index (χ0) is 15.0. The molecule has 0 saturated carbocycles. The molecule has 0 spiro atoms. The summed E-state index contributed by atoms with van der Waals surface area (Å²) in [6.07, 6.45) is 7.74. The van der Waals surface area contributed by atoms with Crippen LogP contribution in [0.25, 0.3) is 0 Å². The van der Waals surface area contributed by atoms with Gasteiger partial charge in [0.1, 0.15) is 0 Å². The Balaban J connectivity index is 2.77. The van der Waals surface area contributed by atoms with Gasteiger partial charge >= 0.3 is 0 Å². The van der Waals surface area contributed by atoms with Gasteiger partial charge in [0.05, 0.1) is 5.41 Å². The fraction of sp³-hybridized carbons (Fsp3) is 0.941. The SMILES string of the molecule is CCCCCN(C(=O)C1(CCC)CCNCC1)C(C)C. The first-order chi connectivity index (χ1) is 9.57. The summed E-state index contributed by atoms with van der Waals surface area (Å²) in [6.45, 7) is 11.7. The topological polar surface area (TPSA) is 32.3 Å². The maximum Gasteiger partial charge on any atom is 0.229 e. The molecule has 0 unspecified atom stereocenters. The first-order valence-electron chi connectivity index (χ1n) is 8.59. The van der Waals surface area contributed by atoms with E-state index < -0.39 is 0 Å². The number of piperidine rings is 1. The summed E-state index contributed by atoms with van der Waals surface area (Å²) in [6, 6.07) is 0.322. The minimum Gasteiger partial charge on any atom is -0.340 e. The van der Waals surface area contributed by atoms with Crippen molar-refractivity contribution in [3.05, 3.63) is 0 Å². The van der Waals surface area contributed by atoms with Gasteiger partial charge in [-0.3, -0.25) is 4.79 Å². The Hall–Kier alpha value is -0.570. The van der Waals surface area contributed by atoms with Gasteiger partial charge in [0.2, 0.25) is 5.91 Å². The molecule has 118 valence electrons. The summed E-state index contributed by atoms with van der Waals surface area (Å²) in [4.78, 5) is 15.3. The molecule has 1 aliphatic heterocycles. The molecule has 0 bridgehead atoms. The van der Waals surface area contributed by atoms with Crippen LogP contribution in [0.5, 0.6) is 0 Å². The van der Waals surface area contributed by atoms with Gasteiger partial charge in [-0.25, -0.2) is 0 Å². The van der Waals surface area contributed by atoms with E-state index in [0.717, 1.165) is 51.7 Å². The smallest absolute Gasteiger partial charge is 0.229 e. The summed E-state index contributed by atoms with van der Waals surface area (Å²) in [5.74, 6) is 0.423. The molecule has 3 nitrogen and oxygen atoms in total. The Kier molecular flexibility index (Phi) is 7.57. The number of rotatable bonds is 8. The highest BCUT2D eigenvalue weighted by Crippen LogP contribution is 2.36. The molecule has 0 atom stereocenters. The number of nitrogens with one attached hydrogen (secondary N) is 1. The molecule has 1 aliphatic rings. The number of carbonyl (C=O) groups excluding carboxylic acids is 1. The van der Waals surface area contributed by atoms with Crippen LogP contribution >= 0.6 is 0 Å². The Morgan fingerprint density at radius 2 is 1.80 bits per heavy atom. The van der Waals surface area contributed by atoms with Crippen molar-refractivity contribution in [3.63, 3.8) is 0 Å². The molecule has 0 aromatic heterocycles. The standard InChI is InChI=1S/C17H34N2O/c1-5-7-8-14-19(15(3)4)16(20)17(9-6-2)10-12-18-13-11-17/h15,18H,5-14H2,1-4H3. The van der Waals surface area contributed by atoms with E-state index in [-0.39, 0.29) is 5.41 Å². The van der Waals surface area contributed by atoms with E-state index in [2.05, 4.69) is 37.9 Å². The molecule has 0 radical (unpaired) electrons. The van der Waals surface area contributed by atoms with E-state index in [1.54, 1.807) is 0 Å². The summed E-state index contributed by atoms with van der Waals surface area (Å²) in [7, 11) is 0. The average Bonchev–Trinajstić information content (AvgIpc) is 2.44. The van der Waals surface area contributed by atoms with Gasteiger partial charge in [-0.2, -0.15) is 0 Å². The second-order valence-corrected chi connectivity index (χ2v) is 6.58. The van der Waals surface area contributed by atoms with E-state index in [0.29, 0.717) is 11.9 Å². The van der Waals surface area contributed by atoms with Gasteiger partial charge in [-0.05, 0) is 52.6 Å². The van der Waals surface area contributed by atoms with Crippen molar-refractivity contribution in [3.8, 4) is 0 Å². The van der Waals surface area contributed by atoms with Crippen LogP contribution in [0.15, 0.2) is 0 Å².